The molecule has 1 saturated heterocycles. The molecule has 1 aliphatic rings. The summed E-state index contributed by atoms with van der Waals surface area (Å²) in [5.41, 5.74) is 1.56. The fraction of sp³-hybridized carbons (Fsp3) is 0.500. The van der Waals surface area contributed by atoms with Crippen molar-refractivity contribution in [2.24, 2.45) is 0 Å². The van der Waals surface area contributed by atoms with Crippen LogP contribution in [0.4, 0.5) is 16.1 Å². The van der Waals surface area contributed by atoms with Gasteiger partial charge in [-0.2, -0.15) is 0 Å². The number of nitrogens with zero attached hydrogens (tertiary/aromatic N) is 4. The molecule has 1 aromatic carbocycles. The Kier molecular flexibility index (Phi) is 8.03. The van der Waals surface area contributed by atoms with Gasteiger partial charge in [-0.15, -0.1) is 0 Å². The molecule has 11 heteroatoms. The van der Waals surface area contributed by atoms with Gasteiger partial charge in [0.1, 0.15) is 0 Å². The number of morpholine rings is 1. The molecule has 0 unspecified atom stereocenters. The van der Waals surface area contributed by atoms with Crippen molar-refractivity contribution in [1.82, 2.24) is 14.9 Å². The molecule has 0 aliphatic carbocycles. The second-order valence-electron chi connectivity index (χ2n) is 9.48. The molecule has 0 atom stereocenters. The average Bonchev–Trinajstić information content (AvgIpc) is 3.27. The van der Waals surface area contributed by atoms with Crippen LogP contribution in [0.25, 0.3) is 10.9 Å². The number of aromatic nitrogens is 2. The predicted octanol–water partition coefficient (Wildman–Crippen LogP) is 3.23. The molecule has 0 amide bonds. The second kappa shape index (κ2) is 11.0. The SMILES string of the molecule is CC(C)(C)c1cc(Nc2ncnc3cc(CO)c(OCCCN4CCOCC4)cc23)c([N+](=O)[O-])[se]1. The van der Waals surface area contributed by atoms with E-state index in [9.17, 15) is 15.2 Å². The van der Waals surface area contributed by atoms with Crippen LogP contribution in [0.15, 0.2) is 24.5 Å². The second-order valence-corrected chi connectivity index (χ2v) is 11.6. The standard InChI is InChI=1S/C24H31N5O5Se/c1-24(2,3)21-13-19(23(35-21)29(31)32)27-22-17-12-20(16(14-30)11-18(17)25-15-26-22)34-8-4-5-28-6-9-33-10-7-28/h11-13,15,30H,4-10,14H2,1-3H3,(H,25,26,27). The number of anilines is 2. The summed E-state index contributed by atoms with van der Waals surface area (Å²) in [6.45, 7) is 10.8. The molecule has 2 N–H and O–H groups in total. The molecule has 1 aliphatic heterocycles. The summed E-state index contributed by atoms with van der Waals surface area (Å²) >= 11 is -0.369. The van der Waals surface area contributed by atoms with E-state index in [0.29, 0.717) is 40.3 Å². The number of rotatable bonds is 9. The average molecular weight is 549 g/mol. The van der Waals surface area contributed by atoms with Gasteiger partial charge in [0, 0.05) is 13.1 Å². The molecule has 0 saturated carbocycles. The number of aliphatic hydroxyl groups excluding tert-OH is 1. The molecule has 4 rings (SSSR count). The van der Waals surface area contributed by atoms with Gasteiger partial charge in [-0.3, -0.25) is 0 Å². The summed E-state index contributed by atoms with van der Waals surface area (Å²) in [4.78, 5) is 22.5. The third kappa shape index (κ3) is 6.17. The Morgan fingerprint density at radius 2 is 2.03 bits per heavy atom. The van der Waals surface area contributed by atoms with Crippen molar-refractivity contribution in [1.29, 1.82) is 0 Å². The van der Waals surface area contributed by atoms with Gasteiger partial charge >= 0.3 is 179 Å². The van der Waals surface area contributed by atoms with Crippen LogP contribution in [0, 0.1) is 10.1 Å². The van der Waals surface area contributed by atoms with Gasteiger partial charge in [-0.1, -0.05) is 0 Å². The predicted molar refractivity (Wildman–Crippen MR) is 135 cm³/mol. The van der Waals surface area contributed by atoms with Crippen molar-refractivity contribution in [3.8, 4) is 5.75 Å². The van der Waals surface area contributed by atoms with E-state index in [1.165, 1.54) is 6.33 Å². The van der Waals surface area contributed by atoms with Crippen LogP contribution in [0.5, 0.6) is 5.75 Å². The summed E-state index contributed by atoms with van der Waals surface area (Å²) < 4.78 is 12.7. The quantitative estimate of drug-likeness (QED) is 0.180. The molecule has 10 nitrogen and oxygen atoms in total. The van der Waals surface area contributed by atoms with E-state index in [1.807, 2.05) is 6.07 Å². The summed E-state index contributed by atoms with van der Waals surface area (Å²) in [7, 11) is 0. The minimum atomic E-state index is -0.369. The van der Waals surface area contributed by atoms with E-state index in [0.717, 1.165) is 43.7 Å². The van der Waals surface area contributed by atoms with E-state index >= 15 is 0 Å². The molecule has 3 aromatic rings. The molecule has 2 aromatic heterocycles. The summed E-state index contributed by atoms with van der Waals surface area (Å²) in [6, 6.07) is 5.45. The maximum atomic E-state index is 11.7. The van der Waals surface area contributed by atoms with E-state index in [-0.39, 0.29) is 36.0 Å². The van der Waals surface area contributed by atoms with E-state index in [2.05, 4.69) is 41.0 Å². The molecular weight excluding hydrogens is 517 g/mol. The fourth-order valence-electron chi connectivity index (χ4n) is 3.88. The Hall–Kier alpha value is -2.56. The monoisotopic (exact) mass is 549 g/mol. The molecule has 35 heavy (non-hydrogen) atoms. The van der Waals surface area contributed by atoms with Crippen LogP contribution in [-0.2, 0) is 16.8 Å². The summed E-state index contributed by atoms with van der Waals surface area (Å²) in [5, 5.41) is 25.5. The number of nitrogens with one attached hydrogen (secondary N) is 1. The van der Waals surface area contributed by atoms with Crippen molar-refractivity contribution in [3.63, 3.8) is 0 Å². The maximum absolute atomic E-state index is 11.7. The van der Waals surface area contributed by atoms with Crippen LogP contribution >= 0.6 is 0 Å². The Labute approximate surface area is 210 Å². The Bertz CT molecular complexity index is 1190. The van der Waals surface area contributed by atoms with Crippen LogP contribution in [0.2, 0.25) is 0 Å². The fourth-order valence-corrected chi connectivity index (χ4v) is 5.95. The third-order valence-electron chi connectivity index (χ3n) is 5.84. The molecule has 0 spiro atoms. The number of ether oxygens (including phenoxy) is 2. The van der Waals surface area contributed by atoms with Crippen molar-refractivity contribution in [3.05, 3.63) is 44.6 Å². The molecular formula is C24H31N5O5Se. The molecule has 3 heterocycles. The zero-order valence-electron chi connectivity index (χ0n) is 20.2. The van der Waals surface area contributed by atoms with Gasteiger partial charge in [0.15, 0.2) is 0 Å². The van der Waals surface area contributed by atoms with Crippen molar-refractivity contribution >= 4 is 41.5 Å². The Morgan fingerprint density at radius 3 is 2.71 bits per heavy atom. The molecule has 188 valence electrons. The minimum absolute atomic E-state index is 0.156. The van der Waals surface area contributed by atoms with Gasteiger partial charge in [-0.25, -0.2) is 0 Å². The van der Waals surface area contributed by atoms with Crippen molar-refractivity contribution < 1.29 is 19.5 Å². The van der Waals surface area contributed by atoms with Crippen LogP contribution in [0.3, 0.4) is 0 Å². The van der Waals surface area contributed by atoms with Gasteiger partial charge in [-0.05, 0) is 0 Å². The van der Waals surface area contributed by atoms with Crippen molar-refractivity contribution in [2.45, 2.75) is 39.2 Å². The van der Waals surface area contributed by atoms with Crippen LogP contribution in [0.1, 0.15) is 37.2 Å². The Morgan fingerprint density at radius 1 is 1.26 bits per heavy atom. The zero-order chi connectivity index (χ0) is 25.0. The number of nitro groups is 1. The Balaban J connectivity index is 1.57. The number of aliphatic hydroxyl groups is 1. The molecule has 0 bridgehead atoms. The molecule has 0 radical (unpaired) electrons. The topological polar surface area (TPSA) is 123 Å². The van der Waals surface area contributed by atoms with E-state index in [4.69, 9.17) is 9.47 Å². The number of fused-ring (bicyclic) bond motifs is 1. The number of hydrogen-bond donors (Lipinski definition) is 2. The summed E-state index contributed by atoms with van der Waals surface area (Å²) in [5.74, 6) is 1.03. The number of benzene rings is 1. The molecule has 1 fully saturated rings. The van der Waals surface area contributed by atoms with Crippen LogP contribution < -0.4 is 10.1 Å². The first kappa shape index (κ1) is 25.5. The summed E-state index contributed by atoms with van der Waals surface area (Å²) in [6.07, 6.45) is 2.26. The number of hydrogen-bond acceptors (Lipinski definition) is 9. The van der Waals surface area contributed by atoms with Crippen LogP contribution in [-0.4, -0.2) is 78.9 Å². The van der Waals surface area contributed by atoms with Gasteiger partial charge < -0.3 is 4.74 Å². The van der Waals surface area contributed by atoms with E-state index in [1.54, 1.807) is 12.1 Å². The first-order chi connectivity index (χ1) is 16.8. The normalized spacial score (nSPS) is 14.9. The van der Waals surface area contributed by atoms with Gasteiger partial charge in [0.25, 0.3) is 0 Å². The first-order valence-corrected chi connectivity index (χ1v) is 13.3. The van der Waals surface area contributed by atoms with E-state index < -0.39 is 0 Å². The first-order valence-electron chi connectivity index (χ1n) is 11.6. The van der Waals surface area contributed by atoms with Gasteiger partial charge in [0.2, 0.25) is 0 Å². The van der Waals surface area contributed by atoms with Crippen molar-refractivity contribution in [2.75, 3.05) is 44.8 Å². The third-order valence-corrected chi connectivity index (χ3v) is 9.01. The zero-order valence-corrected chi connectivity index (χ0v) is 22.0. The van der Waals surface area contributed by atoms with Gasteiger partial charge in [0.05, 0.1) is 13.2 Å².